The molecule has 7 nitrogen and oxygen atoms in total. The van der Waals surface area contributed by atoms with Gasteiger partial charge in [-0.2, -0.15) is 0 Å². The number of allylic oxidation sites excluding steroid dienone is 2. The van der Waals surface area contributed by atoms with E-state index in [9.17, 15) is 5.21 Å². The van der Waals surface area contributed by atoms with Crippen LogP contribution in [0.25, 0.3) is 0 Å². The largest absolute Gasteiger partial charge is 0.570 e. The molecule has 1 aliphatic rings. The second-order valence-electron chi connectivity index (χ2n) is 4.23. The number of aliphatic imine (C=N–C) groups is 1. The van der Waals surface area contributed by atoms with E-state index >= 15 is 0 Å². The average Bonchev–Trinajstić information content (AvgIpc) is 2.43. The second kappa shape index (κ2) is 8.47. The summed E-state index contributed by atoms with van der Waals surface area (Å²) in [6, 6.07) is 0. The van der Waals surface area contributed by atoms with Crippen LogP contribution in [-0.4, -0.2) is 48.9 Å². The fraction of sp³-hybridized carbons (Fsp3) is 0.750. The van der Waals surface area contributed by atoms with E-state index in [1.165, 1.54) is 0 Å². The first-order chi connectivity index (χ1) is 9.21. The number of likely N-dealkylation sites (tertiary alicyclic amines) is 1. The second-order valence-corrected chi connectivity index (χ2v) is 4.23. The monoisotopic (exact) mass is 269 g/mol. The quantitative estimate of drug-likeness (QED) is 0.343. The van der Waals surface area contributed by atoms with Crippen LogP contribution in [0, 0.1) is 5.21 Å². The molecule has 1 saturated heterocycles. The molecule has 1 fully saturated rings. The molecule has 0 saturated carbocycles. The van der Waals surface area contributed by atoms with Crippen LogP contribution in [-0.2, 0) is 4.84 Å². The Labute approximate surface area is 114 Å². The van der Waals surface area contributed by atoms with Gasteiger partial charge in [0, 0.05) is 31.5 Å². The summed E-state index contributed by atoms with van der Waals surface area (Å²) in [4.78, 5) is 12.0. The number of hydrogen-bond acceptors (Lipinski definition) is 5. The molecule has 0 spiro atoms. The maximum Gasteiger partial charge on any atom is 0.104 e. The van der Waals surface area contributed by atoms with Gasteiger partial charge >= 0.3 is 0 Å². The van der Waals surface area contributed by atoms with E-state index in [1.54, 1.807) is 14.0 Å². The van der Waals surface area contributed by atoms with Gasteiger partial charge in [-0.15, -0.1) is 0 Å². The SMILES string of the molecule is C/C=C(\C=NC)N1CCC(ON[N+]([O-])=NCC)CC1. The lowest BCUT2D eigenvalue weighted by Crippen LogP contribution is -2.40. The predicted molar refractivity (Wildman–Crippen MR) is 73.6 cm³/mol. The lowest BCUT2D eigenvalue weighted by molar-refractivity contribution is -0.649. The van der Waals surface area contributed by atoms with Crippen molar-refractivity contribution >= 4 is 6.21 Å². The Morgan fingerprint density at radius 2 is 2.21 bits per heavy atom. The number of piperidine rings is 1. The predicted octanol–water partition coefficient (Wildman–Crippen LogP) is 1.47. The summed E-state index contributed by atoms with van der Waals surface area (Å²) in [5.74, 6) is 0. The molecule has 0 aromatic heterocycles. The van der Waals surface area contributed by atoms with Crippen molar-refractivity contribution in [2.45, 2.75) is 32.8 Å². The van der Waals surface area contributed by atoms with Crippen LogP contribution in [0.4, 0.5) is 0 Å². The number of rotatable bonds is 6. The van der Waals surface area contributed by atoms with Crippen LogP contribution in [0.3, 0.4) is 0 Å². The molecular formula is C12H23N5O2. The third-order valence-corrected chi connectivity index (χ3v) is 2.93. The van der Waals surface area contributed by atoms with Crippen molar-refractivity contribution in [1.29, 1.82) is 0 Å². The van der Waals surface area contributed by atoms with E-state index < -0.39 is 0 Å². The number of nitrogens with one attached hydrogen (secondary N) is 1. The highest BCUT2D eigenvalue weighted by molar-refractivity contribution is 5.77. The zero-order valence-electron chi connectivity index (χ0n) is 11.9. The molecule has 0 aliphatic carbocycles. The van der Waals surface area contributed by atoms with Gasteiger partial charge in [-0.05, 0) is 32.3 Å². The van der Waals surface area contributed by atoms with E-state index in [0.717, 1.165) is 31.6 Å². The first-order valence-electron chi connectivity index (χ1n) is 6.60. The third-order valence-electron chi connectivity index (χ3n) is 2.93. The summed E-state index contributed by atoms with van der Waals surface area (Å²) in [5, 5.41) is 14.7. The van der Waals surface area contributed by atoms with Gasteiger partial charge in [-0.25, -0.2) is 4.84 Å². The highest BCUT2D eigenvalue weighted by atomic mass is 16.8. The Balaban J connectivity index is 2.35. The number of hydrazine groups is 1. The molecule has 108 valence electrons. The molecule has 0 amide bonds. The van der Waals surface area contributed by atoms with Gasteiger partial charge in [-0.1, -0.05) is 6.08 Å². The lowest BCUT2D eigenvalue weighted by Gasteiger charge is -2.32. The van der Waals surface area contributed by atoms with Crippen LogP contribution in [0.15, 0.2) is 21.9 Å². The van der Waals surface area contributed by atoms with E-state index in [0.29, 0.717) is 11.5 Å². The fourth-order valence-electron chi connectivity index (χ4n) is 1.98. The van der Waals surface area contributed by atoms with E-state index in [2.05, 4.69) is 20.6 Å². The minimum atomic E-state index is 0.0384. The molecule has 1 aliphatic heterocycles. The normalized spacial score (nSPS) is 19.2. The Hall–Kier alpha value is -1.63. The Kier molecular flexibility index (Phi) is 6.88. The van der Waals surface area contributed by atoms with Crippen LogP contribution in [0.2, 0.25) is 0 Å². The topological polar surface area (TPSA) is 75.3 Å². The molecule has 0 aromatic rings. The smallest absolute Gasteiger partial charge is 0.104 e. The first kappa shape index (κ1) is 15.4. The van der Waals surface area contributed by atoms with Gasteiger partial charge in [0.25, 0.3) is 0 Å². The molecule has 1 heterocycles. The zero-order chi connectivity index (χ0) is 14.1. The molecule has 7 heteroatoms. The van der Waals surface area contributed by atoms with Crippen molar-refractivity contribution in [3.8, 4) is 0 Å². The van der Waals surface area contributed by atoms with E-state index in [1.807, 2.05) is 19.2 Å². The van der Waals surface area contributed by atoms with Gasteiger partial charge in [-0.3, -0.25) is 4.99 Å². The summed E-state index contributed by atoms with van der Waals surface area (Å²) in [5.41, 5.74) is 3.41. The first-order valence-corrected chi connectivity index (χ1v) is 6.60. The molecule has 1 N–H and O–H groups in total. The fourth-order valence-corrected chi connectivity index (χ4v) is 1.98. The molecule has 19 heavy (non-hydrogen) atoms. The molecule has 0 unspecified atom stereocenters. The number of nitrogens with zero attached hydrogens (tertiary/aromatic N) is 4. The summed E-state index contributed by atoms with van der Waals surface area (Å²) < 4.78 is 0. The molecule has 0 atom stereocenters. The minimum Gasteiger partial charge on any atom is -0.570 e. The van der Waals surface area contributed by atoms with Gasteiger partial charge in [0.2, 0.25) is 0 Å². The van der Waals surface area contributed by atoms with Crippen LogP contribution < -0.4 is 5.59 Å². The van der Waals surface area contributed by atoms with Crippen LogP contribution in [0.5, 0.6) is 0 Å². The van der Waals surface area contributed by atoms with E-state index in [-0.39, 0.29) is 6.10 Å². The van der Waals surface area contributed by atoms with Gasteiger partial charge < -0.3 is 10.1 Å². The van der Waals surface area contributed by atoms with Crippen molar-refractivity contribution in [3.63, 3.8) is 0 Å². The van der Waals surface area contributed by atoms with Crippen molar-refractivity contribution < 1.29 is 9.81 Å². The summed E-state index contributed by atoms with van der Waals surface area (Å²) >= 11 is 0. The Bertz CT molecular complexity index is 346. The Morgan fingerprint density at radius 3 is 2.74 bits per heavy atom. The molecular weight excluding hydrogens is 246 g/mol. The van der Waals surface area contributed by atoms with E-state index in [4.69, 9.17) is 4.84 Å². The van der Waals surface area contributed by atoms with Crippen molar-refractivity contribution in [1.82, 2.24) is 10.5 Å². The molecule has 0 bridgehead atoms. The zero-order valence-corrected chi connectivity index (χ0v) is 11.9. The molecule has 0 aromatic carbocycles. The van der Waals surface area contributed by atoms with Gasteiger partial charge in [0.05, 0.1) is 16.8 Å². The van der Waals surface area contributed by atoms with Crippen molar-refractivity contribution in [2.24, 2.45) is 10.1 Å². The standard InChI is InChI=1S/C12H23N5O2/c1-4-11(10-13-3)16-8-6-12(7-9-16)19-15-17(18)14-5-2/h4,10,12H,5-9H2,1-3H3,(H,14,15)/b11-4+,13-10?. The third kappa shape index (κ3) is 5.25. The summed E-state index contributed by atoms with van der Waals surface area (Å²) in [6.07, 6.45) is 5.67. The lowest BCUT2D eigenvalue weighted by atomic mass is 10.1. The molecule has 0 radical (unpaired) electrons. The highest BCUT2D eigenvalue weighted by Gasteiger charge is 2.21. The van der Waals surface area contributed by atoms with Crippen molar-refractivity contribution in [2.75, 3.05) is 26.7 Å². The molecule has 1 rings (SSSR count). The Morgan fingerprint density at radius 1 is 1.53 bits per heavy atom. The summed E-state index contributed by atoms with van der Waals surface area (Å²) in [7, 11) is 1.77. The van der Waals surface area contributed by atoms with Gasteiger partial charge in [0.1, 0.15) is 6.54 Å². The van der Waals surface area contributed by atoms with Gasteiger partial charge in [0.15, 0.2) is 0 Å². The number of hydrogen-bond donors (Lipinski definition) is 1. The maximum atomic E-state index is 11.1. The maximum absolute atomic E-state index is 11.1. The van der Waals surface area contributed by atoms with Crippen LogP contribution >= 0.6 is 0 Å². The summed E-state index contributed by atoms with van der Waals surface area (Å²) in [6.45, 7) is 6.00. The highest BCUT2D eigenvalue weighted by Crippen LogP contribution is 2.16. The van der Waals surface area contributed by atoms with Crippen molar-refractivity contribution in [3.05, 3.63) is 17.0 Å². The minimum absolute atomic E-state index is 0.0384. The average molecular weight is 269 g/mol. The van der Waals surface area contributed by atoms with Crippen LogP contribution in [0.1, 0.15) is 26.7 Å².